The minimum absolute atomic E-state index is 0. The number of nitrogens with zero attached hydrogens (tertiary/aromatic N) is 3. The molecule has 0 spiro atoms. The largest absolute Gasteiger partial charge is 0.358 e. The standard InChI is InChI=1S/C12H20BrN5O.HI/c1-14-11(19)6-16-12(15-2)18(4)8-10-5-9(13)7-17(10)3;/h5,7H,6,8H2,1-4H3,(H,14,19)(H,15,16);1H. The molecule has 114 valence electrons. The van der Waals surface area contributed by atoms with Gasteiger partial charge in [0.1, 0.15) is 0 Å². The van der Waals surface area contributed by atoms with Gasteiger partial charge in [-0.05, 0) is 22.0 Å². The van der Waals surface area contributed by atoms with Gasteiger partial charge in [-0.25, -0.2) is 0 Å². The molecule has 0 aromatic carbocycles. The third-order valence-corrected chi connectivity index (χ3v) is 3.17. The number of carbonyl (C=O) groups is 1. The predicted molar refractivity (Wildman–Crippen MR) is 95.4 cm³/mol. The molecule has 8 heteroatoms. The monoisotopic (exact) mass is 457 g/mol. The number of rotatable bonds is 4. The van der Waals surface area contributed by atoms with E-state index in [1.54, 1.807) is 14.1 Å². The summed E-state index contributed by atoms with van der Waals surface area (Å²) in [5.41, 5.74) is 1.15. The van der Waals surface area contributed by atoms with Gasteiger partial charge in [-0.1, -0.05) is 0 Å². The molecule has 0 atom stereocenters. The van der Waals surface area contributed by atoms with Crippen molar-refractivity contribution in [2.24, 2.45) is 12.0 Å². The summed E-state index contributed by atoms with van der Waals surface area (Å²) in [5.74, 6) is 0.608. The number of hydrogen-bond acceptors (Lipinski definition) is 2. The molecule has 0 aliphatic rings. The van der Waals surface area contributed by atoms with E-state index in [2.05, 4.69) is 37.6 Å². The number of likely N-dealkylation sites (N-methyl/N-ethyl adjacent to an activating group) is 1. The Hall–Kier alpha value is -0.770. The molecule has 6 nitrogen and oxygen atoms in total. The summed E-state index contributed by atoms with van der Waals surface area (Å²) in [4.78, 5) is 17.3. The van der Waals surface area contributed by atoms with Crippen molar-refractivity contribution < 1.29 is 4.79 Å². The first kappa shape index (κ1) is 19.2. The predicted octanol–water partition coefficient (Wildman–Crippen LogP) is 1.16. The number of guanidine groups is 1. The third-order valence-electron chi connectivity index (χ3n) is 2.73. The second-order valence-corrected chi connectivity index (χ2v) is 5.11. The Balaban J connectivity index is 0.00000361. The van der Waals surface area contributed by atoms with Gasteiger partial charge in [-0.2, -0.15) is 0 Å². The van der Waals surface area contributed by atoms with Gasteiger partial charge in [0.25, 0.3) is 0 Å². The molecule has 1 amide bonds. The summed E-state index contributed by atoms with van der Waals surface area (Å²) in [6.07, 6.45) is 2.00. The van der Waals surface area contributed by atoms with Crippen LogP contribution in [0.1, 0.15) is 5.69 Å². The number of aromatic nitrogens is 1. The van der Waals surface area contributed by atoms with Crippen molar-refractivity contribution in [1.82, 2.24) is 20.1 Å². The van der Waals surface area contributed by atoms with E-state index in [1.807, 2.05) is 29.8 Å². The van der Waals surface area contributed by atoms with E-state index in [9.17, 15) is 4.79 Å². The lowest BCUT2D eigenvalue weighted by molar-refractivity contribution is -0.119. The highest BCUT2D eigenvalue weighted by atomic mass is 127. The molecule has 0 radical (unpaired) electrons. The third kappa shape index (κ3) is 5.70. The average molecular weight is 458 g/mol. The number of halogens is 2. The Morgan fingerprint density at radius 1 is 1.55 bits per heavy atom. The number of nitrogens with one attached hydrogen (secondary N) is 2. The fourth-order valence-corrected chi connectivity index (χ4v) is 2.25. The van der Waals surface area contributed by atoms with E-state index in [0.29, 0.717) is 12.5 Å². The van der Waals surface area contributed by atoms with Gasteiger partial charge >= 0.3 is 0 Å². The van der Waals surface area contributed by atoms with Crippen LogP contribution in [-0.4, -0.2) is 49.0 Å². The fourth-order valence-electron chi connectivity index (χ4n) is 1.67. The Bertz CT molecular complexity index is 474. The Morgan fingerprint density at radius 2 is 2.20 bits per heavy atom. The van der Waals surface area contributed by atoms with E-state index in [4.69, 9.17) is 0 Å². The Labute approximate surface area is 145 Å². The normalized spacial score (nSPS) is 10.8. The van der Waals surface area contributed by atoms with Crippen LogP contribution < -0.4 is 10.6 Å². The molecule has 1 aromatic heterocycles. The van der Waals surface area contributed by atoms with Crippen LogP contribution in [0.4, 0.5) is 0 Å². The minimum atomic E-state index is -0.0730. The van der Waals surface area contributed by atoms with Crippen molar-refractivity contribution in [3.63, 3.8) is 0 Å². The van der Waals surface area contributed by atoms with Crippen molar-refractivity contribution in [2.75, 3.05) is 27.7 Å². The summed E-state index contributed by atoms with van der Waals surface area (Å²) >= 11 is 3.45. The van der Waals surface area contributed by atoms with Crippen LogP contribution in [0.5, 0.6) is 0 Å². The van der Waals surface area contributed by atoms with Gasteiger partial charge in [-0.3, -0.25) is 9.79 Å². The lowest BCUT2D eigenvalue weighted by Gasteiger charge is -2.22. The second kappa shape index (κ2) is 9.22. The molecule has 2 N–H and O–H groups in total. The van der Waals surface area contributed by atoms with Gasteiger partial charge in [0.15, 0.2) is 5.96 Å². The van der Waals surface area contributed by atoms with E-state index in [1.165, 1.54) is 0 Å². The summed E-state index contributed by atoms with van der Waals surface area (Å²) < 4.78 is 3.10. The molecule has 0 saturated heterocycles. The molecule has 1 aromatic rings. The van der Waals surface area contributed by atoms with E-state index < -0.39 is 0 Å². The molecular weight excluding hydrogens is 437 g/mol. The lowest BCUT2D eigenvalue weighted by Crippen LogP contribution is -2.43. The molecule has 0 bridgehead atoms. The number of aryl methyl sites for hydroxylation is 1. The first-order chi connectivity index (χ1) is 8.97. The maximum Gasteiger partial charge on any atom is 0.239 e. The summed E-state index contributed by atoms with van der Waals surface area (Å²) in [5, 5.41) is 5.57. The fraction of sp³-hybridized carbons (Fsp3) is 0.500. The summed E-state index contributed by atoms with van der Waals surface area (Å²) in [7, 11) is 7.23. The van der Waals surface area contributed by atoms with Crippen molar-refractivity contribution in [3.05, 3.63) is 22.4 Å². The van der Waals surface area contributed by atoms with E-state index >= 15 is 0 Å². The molecule has 20 heavy (non-hydrogen) atoms. The second-order valence-electron chi connectivity index (χ2n) is 4.19. The van der Waals surface area contributed by atoms with Crippen LogP contribution in [0.25, 0.3) is 0 Å². The zero-order chi connectivity index (χ0) is 14.4. The zero-order valence-electron chi connectivity index (χ0n) is 12.1. The Kier molecular flexibility index (Phi) is 8.86. The van der Waals surface area contributed by atoms with E-state index in [0.717, 1.165) is 10.2 Å². The SMILES string of the molecule is CN=C(NCC(=O)NC)N(C)Cc1cc(Br)cn1C.I. The zero-order valence-corrected chi connectivity index (χ0v) is 16.0. The molecule has 0 fully saturated rings. The van der Waals surface area contributed by atoms with Crippen molar-refractivity contribution >= 4 is 51.8 Å². The smallest absolute Gasteiger partial charge is 0.239 e. The molecule has 0 saturated carbocycles. The molecule has 0 aliphatic heterocycles. The van der Waals surface area contributed by atoms with Crippen LogP contribution in [0.2, 0.25) is 0 Å². The topological polar surface area (TPSA) is 61.7 Å². The maximum atomic E-state index is 11.2. The maximum absolute atomic E-state index is 11.2. The van der Waals surface area contributed by atoms with Gasteiger partial charge in [0, 0.05) is 44.6 Å². The molecular formula is C12H21BrIN5O. The van der Waals surface area contributed by atoms with Crippen LogP contribution in [0, 0.1) is 0 Å². The van der Waals surface area contributed by atoms with Crippen molar-refractivity contribution in [3.8, 4) is 0 Å². The lowest BCUT2D eigenvalue weighted by atomic mass is 10.4. The van der Waals surface area contributed by atoms with Gasteiger partial charge in [0.2, 0.25) is 5.91 Å². The minimum Gasteiger partial charge on any atom is -0.358 e. The number of carbonyl (C=O) groups excluding carboxylic acids is 1. The van der Waals surface area contributed by atoms with Crippen molar-refractivity contribution in [1.29, 1.82) is 0 Å². The van der Waals surface area contributed by atoms with Crippen molar-refractivity contribution in [2.45, 2.75) is 6.54 Å². The van der Waals surface area contributed by atoms with Crippen LogP contribution in [0.3, 0.4) is 0 Å². The molecule has 1 rings (SSSR count). The van der Waals surface area contributed by atoms with Gasteiger partial charge < -0.3 is 20.1 Å². The van der Waals surface area contributed by atoms with E-state index in [-0.39, 0.29) is 36.4 Å². The highest BCUT2D eigenvalue weighted by Gasteiger charge is 2.10. The first-order valence-electron chi connectivity index (χ1n) is 5.91. The molecule has 0 unspecified atom stereocenters. The van der Waals surface area contributed by atoms with Crippen LogP contribution >= 0.6 is 39.9 Å². The summed E-state index contributed by atoms with van der Waals surface area (Å²) in [6.45, 7) is 0.917. The highest BCUT2D eigenvalue weighted by Crippen LogP contribution is 2.14. The quantitative estimate of drug-likeness (QED) is 0.405. The van der Waals surface area contributed by atoms with Gasteiger partial charge in [0.05, 0.1) is 13.1 Å². The number of aliphatic imine (C=N–C) groups is 1. The molecule has 0 aliphatic carbocycles. The molecule has 1 heterocycles. The average Bonchev–Trinajstić information content (AvgIpc) is 2.68. The number of amides is 1. The number of hydrogen-bond donors (Lipinski definition) is 2. The Morgan fingerprint density at radius 3 is 2.65 bits per heavy atom. The summed E-state index contributed by atoms with van der Waals surface area (Å²) in [6, 6.07) is 2.06. The first-order valence-corrected chi connectivity index (χ1v) is 6.70. The van der Waals surface area contributed by atoms with Gasteiger partial charge in [-0.15, -0.1) is 24.0 Å². The van der Waals surface area contributed by atoms with Crippen LogP contribution in [-0.2, 0) is 18.4 Å². The highest BCUT2D eigenvalue weighted by molar-refractivity contribution is 14.0. The van der Waals surface area contributed by atoms with Crippen LogP contribution in [0.15, 0.2) is 21.7 Å².